The minimum atomic E-state index is 0.642. The van der Waals surface area contributed by atoms with Gasteiger partial charge in [0, 0.05) is 5.33 Å². The van der Waals surface area contributed by atoms with Crippen LogP contribution in [-0.2, 0) is 0 Å². The molecule has 0 saturated heterocycles. The van der Waals surface area contributed by atoms with Crippen molar-refractivity contribution in [3.05, 3.63) is 34.4 Å². The van der Waals surface area contributed by atoms with Crippen molar-refractivity contribution >= 4 is 33.6 Å². The molecule has 0 aliphatic carbocycles. The Kier molecular flexibility index (Phi) is 4.49. The van der Waals surface area contributed by atoms with Gasteiger partial charge in [0.15, 0.2) is 0 Å². The Morgan fingerprint density at radius 3 is 2.79 bits per heavy atom. The highest BCUT2D eigenvalue weighted by Gasteiger charge is 1.99. The predicted molar refractivity (Wildman–Crippen MR) is 65.4 cm³/mol. The van der Waals surface area contributed by atoms with Crippen LogP contribution >= 0.6 is 27.5 Å². The van der Waals surface area contributed by atoms with E-state index < -0.39 is 0 Å². The van der Waals surface area contributed by atoms with Crippen LogP contribution in [0.2, 0.25) is 5.02 Å². The van der Waals surface area contributed by atoms with Gasteiger partial charge in [-0.25, -0.2) is 0 Å². The van der Waals surface area contributed by atoms with Crippen LogP contribution in [0.15, 0.2) is 23.8 Å². The lowest BCUT2D eigenvalue weighted by Crippen LogP contribution is -1.85. The smallest absolute Gasteiger partial charge is 0.137 e. The van der Waals surface area contributed by atoms with Gasteiger partial charge >= 0.3 is 0 Å². The van der Waals surface area contributed by atoms with E-state index in [9.17, 15) is 0 Å². The number of benzene rings is 1. The molecule has 1 nitrogen and oxygen atoms in total. The van der Waals surface area contributed by atoms with Crippen LogP contribution in [0, 0.1) is 0 Å². The summed E-state index contributed by atoms with van der Waals surface area (Å²) in [7, 11) is 1.61. The fourth-order valence-corrected chi connectivity index (χ4v) is 1.52. The molecule has 0 radical (unpaired) electrons. The molecule has 0 aliphatic rings. The average molecular weight is 276 g/mol. The number of hydrogen-bond acceptors (Lipinski definition) is 1. The molecule has 1 rings (SSSR count). The average Bonchev–Trinajstić information content (AvgIpc) is 2.18. The molecule has 14 heavy (non-hydrogen) atoms. The monoisotopic (exact) mass is 274 g/mol. The standard InChI is InChI=1S/C11H12BrClO/c1-8(7-12)5-9-3-4-11(14-2)10(13)6-9/h3-6H,7H2,1-2H3. The van der Waals surface area contributed by atoms with Crippen molar-refractivity contribution in [2.75, 3.05) is 12.4 Å². The summed E-state index contributed by atoms with van der Waals surface area (Å²) < 4.78 is 5.07. The van der Waals surface area contributed by atoms with Gasteiger partial charge in [0.1, 0.15) is 5.75 Å². The fourth-order valence-electron chi connectivity index (χ4n) is 1.10. The van der Waals surface area contributed by atoms with Gasteiger partial charge in [-0.05, 0) is 24.6 Å². The molecule has 0 saturated carbocycles. The topological polar surface area (TPSA) is 9.23 Å². The van der Waals surface area contributed by atoms with Crippen LogP contribution in [0.5, 0.6) is 5.75 Å². The molecule has 1 aromatic carbocycles. The van der Waals surface area contributed by atoms with Gasteiger partial charge in [0.25, 0.3) is 0 Å². The van der Waals surface area contributed by atoms with Crippen molar-refractivity contribution in [2.24, 2.45) is 0 Å². The third-order valence-electron chi connectivity index (χ3n) is 1.80. The molecule has 0 unspecified atom stereocenters. The highest BCUT2D eigenvalue weighted by molar-refractivity contribution is 9.09. The third-order valence-corrected chi connectivity index (χ3v) is 2.98. The molecule has 0 atom stereocenters. The van der Waals surface area contributed by atoms with Gasteiger partial charge in [-0.1, -0.05) is 45.2 Å². The first kappa shape index (κ1) is 11.6. The number of allylic oxidation sites excluding steroid dienone is 1. The Morgan fingerprint density at radius 1 is 1.57 bits per heavy atom. The zero-order valence-corrected chi connectivity index (χ0v) is 10.5. The Hall–Kier alpha value is -0.470. The zero-order valence-electron chi connectivity index (χ0n) is 8.18. The summed E-state index contributed by atoms with van der Waals surface area (Å²) >= 11 is 9.38. The lowest BCUT2D eigenvalue weighted by molar-refractivity contribution is 0.415. The largest absolute Gasteiger partial charge is 0.495 e. The quantitative estimate of drug-likeness (QED) is 0.753. The minimum absolute atomic E-state index is 0.642. The summed E-state index contributed by atoms with van der Waals surface area (Å²) in [5.74, 6) is 0.709. The second-order valence-corrected chi connectivity index (χ2v) is 3.99. The second-order valence-electron chi connectivity index (χ2n) is 3.02. The maximum absolute atomic E-state index is 5.99. The van der Waals surface area contributed by atoms with Gasteiger partial charge in [-0.15, -0.1) is 0 Å². The Labute approximate surface area is 97.9 Å². The van der Waals surface area contributed by atoms with E-state index in [1.807, 2.05) is 18.2 Å². The van der Waals surface area contributed by atoms with Crippen LogP contribution in [0.3, 0.4) is 0 Å². The van der Waals surface area contributed by atoms with Crippen molar-refractivity contribution < 1.29 is 4.74 Å². The van der Waals surface area contributed by atoms with Gasteiger partial charge in [-0.2, -0.15) is 0 Å². The van der Waals surface area contributed by atoms with E-state index in [4.69, 9.17) is 16.3 Å². The van der Waals surface area contributed by atoms with Gasteiger partial charge in [-0.3, -0.25) is 0 Å². The Morgan fingerprint density at radius 2 is 2.29 bits per heavy atom. The second kappa shape index (κ2) is 5.42. The number of halogens is 2. The SMILES string of the molecule is COc1ccc(C=C(C)CBr)cc1Cl. The molecule has 0 fully saturated rings. The molecule has 76 valence electrons. The van der Waals surface area contributed by atoms with E-state index in [0.29, 0.717) is 10.8 Å². The molecule has 0 aromatic heterocycles. The Bertz CT molecular complexity index is 347. The molecule has 3 heteroatoms. The fraction of sp³-hybridized carbons (Fsp3) is 0.273. The zero-order chi connectivity index (χ0) is 10.6. The van der Waals surface area contributed by atoms with Crippen molar-refractivity contribution in [2.45, 2.75) is 6.92 Å². The molecular formula is C11H12BrClO. The van der Waals surface area contributed by atoms with Gasteiger partial charge in [0.2, 0.25) is 0 Å². The summed E-state index contributed by atoms with van der Waals surface area (Å²) in [6, 6.07) is 5.75. The van der Waals surface area contributed by atoms with E-state index >= 15 is 0 Å². The number of methoxy groups -OCH3 is 1. The number of rotatable bonds is 3. The predicted octanol–water partition coefficient (Wildman–Crippen LogP) is 4.15. The van der Waals surface area contributed by atoms with E-state index in [-0.39, 0.29) is 0 Å². The van der Waals surface area contributed by atoms with Crippen molar-refractivity contribution in [3.8, 4) is 5.75 Å². The summed E-state index contributed by atoms with van der Waals surface area (Å²) in [5.41, 5.74) is 2.35. The maximum atomic E-state index is 5.99. The lowest BCUT2D eigenvalue weighted by Gasteiger charge is -2.03. The molecule has 0 aliphatic heterocycles. The van der Waals surface area contributed by atoms with E-state index in [1.54, 1.807) is 7.11 Å². The third kappa shape index (κ3) is 3.03. The normalized spacial score (nSPS) is 11.6. The lowest BCUT2D eigenvalue weighted by atomic mass is 10.1. The van der Waals surface area contributed by atoms with E-state index in [0.717, 1.165) is 10.9 Å². The maximum Gasteiger partial charge on any atom is 0.137 e. The van der Waals surface area contributed by atoms with E-state index in [2.05, 4.69) is 28.9 Å². The molecule has 0 bridgehead atoms. The van der Waals surface area contributed by atoms with Crippen molar-refractivity contribution in [3.63, 3.8) is 0 Å². The van der Waals surface area contributed by atoms with Crippen LogP contribution in [0.1, 0.15) is 12.5 Å². The Balaban J connectivity index is 2.97. The van der Waals surface area contributed by atoms with Crippen LogP contribution < -0.4 is 4.74 Å². The van der Waals surface area contributed by atoms with Crippen LogP contribution in [-0.4, -0.2) is 12.4 Å². The number of alkyl halides is 1. The molecular weight excluding hydrogens is 263 g/mol. The molecule has 0 heterocycles. The summed E-state index contributed by atoms with van der Waals surface area (Å²) in [5, 5.41) is 1.51. The first-order chi connectivity index (χ1) is 6.67. The summed E-state index contributed by atoms with van der Waals surface area (Å²) in [4.78, 5) is 0. The van der Waals surface area contributed by atoms with Crippen LogP contribution in [0.25, 0.3) is 6.08 Å². The number of hydrogen-bond donors (Lipinski definition) is 0. The minimum Gasteiger partial charge on any atom is -0.495 e. The van der Waals surface area contributed by atoms with E-state index in [1.165, 1.54) is 5.57 Å². The molecule has 1 aromatic rings. The van der Waals surface area contributed by atoms with Crippen molar-refractivity contribution in [1.29, 1.82) is 0 Å². The highest BCUT2D eigenvalue weighted by atomic mass is 79.9. The van der Waals surface area contributed by atoms with Crippen LogP contribution in [0.4, 0.5) is 0 Å². The summed E-state index contributed by atoms with van der Waals surface area (Å²) in [6.45, 7) is 2.06. The molecule has 0 amide bonds. The van der Waals surface area contributed by atoms with Crippen molar-refractivity contribution in [1.82, 2.24) is 0 Å². The number of ether oxygens (including phenoxy) is 1. The molecule has 0 N–H and O–H groups in total. The first-order valence-corrected chi connectivity index (χ1v) is 5.74. The first-order valence-electron chi connectivity index (χ1n) is 4.24. The summed E-state index contributed by atoms with van der Waals surface area (Å²) in [6.07, 6.45) is 2.08. The van der Waals surface area contributed by atoms with Gasteiger partial charge in [0.05, 0.1) is 12.1 Å². The van der Waals surface area contributed by atoms with Gasteiger partial charge < -0.3 is 4.74 Å². The molecule has 0 spiro atoms. The highest BCUT2D eigenvalue weighted by Crippen LogP contribution is 2.25.